The van der Waals surface area contributed by atoms with Crippen LogP contribution in [0.3, 0.4) is 0 Å². The summed E-state index contributed by atoms with van der Waals surface area (Å²) in [6, 6.07) is 4.50. The van der Waals surface area contributed by atoms with E-state index in [9.17, 15) is 35.5 Å². The van der Waals surface area contributed by atoms with Crippen molar-refractivity contribution in [2.24, 2.45) is 0 Å². The zero-order chi connectivity index (χ0) is 21.2. The van der Waals surface area contributed by atoms with Crippen LogP contribution in [0.4, 0.5) is 41.3 Å². The quantitative estimate of drug-likeness (QED) is 0.573. The number of hydrogen-bond donors (Lipinski definition) is 2. The number of anilines is 1. The number of nitrogens with one attached hydrogen (secondary N) is 2. The third kappa shape index (κ3) is 4.61. The predicted molar refractivity (Wildman–Crippen MR) is 83.0 cm³/mol. The van der Waals surface area contributed by atoms with Crippen LogP contribution in [-0.4, -0.2) is 29.1 Å². The summed E-state index contributed by atoms with van der Waals surface area (Å²) < 4.78 is 97.5. The number of amides is 2. The monoisotopic (exact) mass is 411 g/mol. The van der Waals surface area contributed by atoms with Crippen molar-refractivity contribution in [1.29, 1.82) is 0 Å². The van der Waals surface area contributed by atoms with Gasteiger partial charge in [-0.25, -0.2) is 14.2 Å². The van der Waals surface area contributed by atoms with Gasteiger partial charge >= 0.3 is 24.1 Å². The summed E-state index contributed by atoms with van der Waals surface area (Å²) in [6.07, 6.45) is -12.2. The second-order valence-corrected chi connectivity index (χ2v) is 5.48. The number of urea groups is 1. The summed E-state index contributed by atoms with van der Waals surface area (Å²) in [5, 5.41) is 2.56. The summed E-state index contributed by atoms with van der Waals surface area (Å²) in [7, 11) is 0. The van der Waals surface area contributed by atoms with Gasteiger partial charge in [-0.1, -0.05) is 6.07 Å². The van der Waals surface area contributed by atoms with E-state index in [1.807, 2.05) is 0 Å². The molecule has 2 aromatic rings. The van der Waals surface area contributed by atoms with Crippen molar-refractivity contribution in [2.75, 3.05) is 5.32 Å². The van der Waals surface area contributed by atoms with Crippen LogP contribution in [0.1, 0.15) is 5.69 Å². The van der Waals surface area contributed by atoms with Crippen LogP contribution in [0.2, 0.25) is 0 Å². The Morgan fingerprint density at radius 3 is 2.04 bits per heavy atom. The fourth-order valence-corrected chi connectivity index (χ4v) is 2.04. The molecule has 0 aliphatic rings. The summed E-state index contributed by atoms with van der Waals surface area (Å²) in [5.74, 6) is -2.16. The Morgan fingerprint density at radius 2 is 1.54 bits per heavy atom. The van der Waals surface area contributed by atoms with E-state index in [2.05, 4.69) is 9.72 Å². The zero-order valence-corrected chi connectivity index (χ0v) is 14.0. The standard InChI is InChI=1S/C16H12F7N3O2/c1-9-3-2-4-12(24-9)25-13(27)26-14(15(18,19)20,16(21,22)23)28-11-7-5-10(17)6-8-11/h2-8H,1H3,(H2,24,25,26,27). The summed E-state index contributed by atoms with van der Waals surface area (Å²) in [4.78, 5) is 15.6. The first-order chi connectivity index (χ1) is 12.8. The minimum atomic E-state index is -6.11. The Balaban J connectivity index is 2.39. The Labute approximate surface area is 153 Å². The molecule has 0 spiro atoms. The number of carbonyl (C=O) groups excluding carboxylic acids is 1. The molecule has 0 saturated heterocycles. The number of pyridine rings is 1. The van der Waals surface area contributed by atoms with E-state index in [1.165, 1.54) is 19.1 Å². The number of rotatable bonds is 4. The SMILES string of the molecule is Cc1cccc(NC(=O)NC(Oc2ccc(F)cc2)(C(F)(F)F)C(F)(F)F)n1. The molecule has 2 rings (SSSR count). The van der Waals surface area contributed by atoms with Crippen LogP contribution in [0.25, 0.3) is 0 Å². The molecule has 0 bridgehead atoms. The third-order valence-corrected chi connectivity index (χ3v) is 3.30. The molecule has 0 aliphatic heterocycles. The van der Waals surface area contributed by atoms with E-state index < -0.39 is 35.7 Å². The topological polar surface area (TPSA) is 63.2 Å². The highest BCUT2D eigenvalue weighted by atomic mass is 19.4. The van der Waals surface area contributed by atoms with Crippen LogP contribution >= 0.6 is 0 Å². The minimum absolute atomic E-state index is 0.280. The molecule has 5 nitrogen and oxygen atoms in total. The lowest BCUT2D eigenvalue weighted by Crippen LogP contribution is -2.71. The van der Waals surface area contributed by atoms with Gasteiger partial charge in [0.25, 0.3) is 0 Å². The van der Waals surface area contributed by atoms with E-state index in [0.717, 1.165) is 11.4 Å². The van der Waals surface area contributed by atoms with Crippen molar-refractivity contribution < 1.29 is 40.3 Å². The van der Waals surface area contributed by atoms with Gasteiger partial charge in [0.05, 0.1) is 0 Å². The lowest BCUT2D eigenvalue weighted by molar-refractivity contribution is -0.364. The molecular formula is C16H12F7N3O2. The molecule has 1 aromatic carbocycles. The Morgan fingerprint density at radius 1 is 0.964 bits per heavy atom. The van der Waals surface area contributed by atoms with Crippen LogP contribution in [0.15, 0.2) is 42.5 Å². The van der Waals surface area contributed by atoms with Crippen LogP contribution in [0.5, 0.6) is 5.75 Å². The molecule has 12 heteroatoms. The zero-order valence-electron chi connectivity index (χ0n) is 14.0. The second-order valence-electron chi connectivity index (χ2n) is 5.48. The highest BCUT2D eigenvalue weighted by Gasteiger charge is 2.75. The van der Waals surface area contributed by atoms with Gasteiger partial charge in [0.15, 0.2) is 0 Å². The average molecular weight is 411 g/mol. The highest BCUT2D eigenvalue weighted by Crippen LogP contribution is 2.44. The van der Waals surface area contributed by atoms with Gasteiger partial charge in [-0.3, -0.25) is 10.6 Å². The normalized spacial score (nSPS) is 12.4. The Hall–Kier alpha value is -3.05. The molecule has 28 heavy (non-hydrogen) atoms. The third-order valence-electron chi connectivity index (χ3n) is 3.30. The first-order valence-electron chi connectivity index (χ1n) is 7.45. The van der Waals surface area contributed by atoms with Gasteiger partial charge in [0.1, 0.15) is 17.4 Å². The predicted octanol–water partition coefficient (Wildman–Crippen LogP) is 4.55. The molecule has 2 amide bonds. The van der Waals surface area contributed by atoms with Gasteiger partial charge in [-0.05, 0) is 43.3 Å². The molecule has 0 radical (unpaired) electrons. The van der Waals surface area contributed by atoms with Gasteiger partial charge in [-0.2, -0.15) is 26.3 Å². The fraction of sp³-hybridized carbons (Fsp3) is 0.250. The number of nitrogens with zero attached hydrogens (tertiary/aromatic N) is 1. The Bertz CT molecular complexity index is 821. The number of carbonyl (C=O) groups is 1. The van der Waals surface area contributed by atoms with Crippen molar-refractivity contribution in [3.63, 3.8) is 0 Å². The summed E-state index contributed by atoms with van der Waals surface area (Å²) >= 11 is 0. The molecule has 1 aromatic heterocycles. The first-order valence-corrected chi connectivity index (χ1v) is 7.45. The molecule has 0 unspecified atom stereocenters. The average Bonchev–Trinajstić information content (AvgIpc) is 2.54. The molecule has 152 valence electrons. The molecule has 0 fully saturated rings. The number of aryl methyl sites for hydroxylation is 1. The van der Waals surface area contributed by atoms with E-state index >= 15 is 0 Å². The second kappa shape index (κ2) is 7.52. The molecular weight excluding hydrogens is 399 g/mol. The van der Waals surface area contributed by atoms with Crippen LogP contribution in [0, 0.1) is 12.7 Å². The van der Waals surface area contributed by atoms with Crippen LogP contribution < -0.4 is 15.4 Å². The maximum absolute atomic E-state index is 13.4. The smallest absolute Gasteiger partial charge is 0.451 e. The maximum atomic E-state index is 13.4. The van der Waals surface area contributed by atoms with Gasteiger partial charge in [0, 0.05) is 5.69 Å². The van der Waals surface area contributed by atoms with Crippen molar-refractivity contribution >= 4 is 11.8 Å². The van der Waals surface area contributed by atoms with Crippen LogP contribution in [-0.2, 0) is 0 Å². The minimum Gasteiger partial charge on any atom is -0.451 e. The summed E-state index contributed by atoms with van der Waals surface area (Å²) in [6.45, 7) is 1.50. The van der Waals surface area contributed by atoms with Crippen molar-refractivity contribution in [2.45, 2.75) is 25.0 Å². The molecule has 0 aliphatic carbocycles. The molecule has 2 N–H and O–H groups in total. The molecule has 0 saturated carbocycles. The number of hydrogen-bond acceptors (Lipinski definition) is 3. The van der Waals surface area contributed by atoms with Gasteiger partial charge in [0.2, 0.25) is 0 Å². The maximum Gasteiger partial charge on any atom is 0.458 e. The van der Waals surface area contributed by atoms with E-state index in [1.54, 1.807) is 5.32 Å². The number of ether oxygens (including phenoxy) is 1. The van der Waals surface area contributed by atoms with Crippen molar-refractivity contribution in [3.05, 3.63) is 54.0 Å². The number of halogens is 7. The fourth-order valence-electron chi connectivity index (χ4n) is 2.04. The van der Waals surface area contributed by atoms with E-state index in [0.29, 0.717) is 30.0 Å². The van der Waals surface area contributed by atoms with Crippen molar-refractivity contribution in [3.8, 4) is 5.75 Å². The number of benzene rings is 1. The first kappa shape index (κ1) is 21.3. The molecule has 0 atom stereocenters. The number of alkyl halides is 6. The number of aromatic nitrogens is 1. The lowest BCUT2D eigenvalue weighted by atomic mass is 10.2. The highest BCUT2D eigenvalue weighted by molar-refractivity contribution is 5.88. The summed E-state index contributed by atoms with van der Waals surface area (Å²) in [5.41, 5.74) is -4.73. The van der Waals surface area contributed by atoms with E-state index in [4.69, 9.17) is 0 Å². The molecule has 1 heterocycles. The largest absolute Gasteiger partial charge is 0.458 e. The van der Waals surface area contributed by atoms with Crippen molar-refractivity contribution in [1.82, 2.24) is 10.3 Å². The van der Waals surface area contributed by atoms with Gasteiger partial charge < -0.3 is 4.74 Å². The lowest BCUT2D eigenvalue weighted by Gasteiger charge is -2.37. The van der Waals surface area contributed by atoms with Gasteiger partial charge in [-0.15, -0.1) is 0 Å². The van der Waals surface area contributed by atoms with E-state index in [-0.39, 0.29) is 5.82 Å². The Kier molecular flexibility index (Phi) is 5.71.